The number of hydrazine groups is 1. The normalized spacial score (nSPS) is 11.7. The van der Waals surface area contributed by atoms with Crippen LogP contribution in [0.15, 0.2) is 30.0 Å². The molecule has 0 fully saturated rings. The average molecular weight is 384 g/mol. The Labute approximate surface area is 144 Å². The number of amides is 2. The van der Waals surface area contributed by atoms with Gasteiger partial charge in [-0.25, -0.2) is 0 Å². The second-order valence-corrected chi connectivity index (χ2v) is 5.17. The van der Waals surface area contributed by atoms with E-state index in [2.05, 4.69) is 5.32 Å². The highest BCUT2D eigenvalue weighted by molar-refractivity contribution is 6.42. The summed E-state index contributed by atoms with van der Waals surface area (Å²) in [4.78, 5) is 33.8. The number of benzene rings is 1. The second-order valence-electron chi connectivity index (χ2n) is 4.35. The summed E-state index contributed by atoms with van der Waals surface area (Å²) in [6.45, 7) is 1.10. The molecule has 0 aliphatic carbocycles. The van der Waals surface area contributed by atoms with Gasteiger partial charge in [0.2, 0.25) is 0 Å². The smallest absolute Gasteiger partial charge is 0.318 e. The first-order valence-corrected chi connectivity index (χ1v) is 6.88. The molecule has 0 saturated carbocycles. The van der Waals surface area contributed by atoms with Crippen LogP contribution in [-0.4, -0.2) is 23.8 Å². The van der Waals surface area contributed by atoms with Crippen LogP contribution in [0.3, 0.4) is 0 Å². The van der Waals surface area contributed by atoms with Crippen LogP contribution >= 0.6 is 23.2 Å². The molecule has 1 aromatic rings. The lowest BCUT2D eigenvalue weighted by atomic mass is 10.3. The number of nitrogens with one attached hydrogen (secondary N) is 3. The Kier molecular flexibility index (Phi) is 6.61. The van der Waals surface area contributed by atoms with Crippen molar-refractivity contribution in [2.75, 3.05) is 5.32 Å². The van der Waals surface area contributed by atoms with Crippen molar-refractivity contribution < 1.29 is 27.6 Å². The van der Waals surface area contributed by atoms with Crippen molar-refractivity contribution in [1.29, 1.82) is 0 Å². The lowest BCUT2D eigenvalue weighted by molar-refractivity contribution is -0.165. The van der Waals surface area contributed by atoms with Gasteiger partial charge < -0.3 is 10.7 Å². The SMILES string of the molecule is C/C(=C/C(=O)C(F)(F)F)NNC(=O)C(=O)Nc1ccc(Cl)c(Cl)c1. The monoisotopic (exact) mass is 383 g/mol. The molecule has 0 spiro atoms. The molecule has 11 heteroatoms. The highest BCUT2D eigenvalue weighted by Gasteiger charge is 2.36. The average Bonchev–Trinajstić information content (AvgIpc) is 2.47. The van der Waals surface area contributed by atoms with Crippen molar-refractivity contribution in [3.63, 3.8) is 0 Å². The van der Waals surface area contributed by atoms with Gasteiger partial charge in [0, 0.05) is 17.5 Å². The summed E-state index contributed by atoms with van der Waals surface area (Å²) in [5.74, 6) is -4.42. The Morgan fingerprint density at radius 1 is 1.04 bits per heavy atom. The van der Waals surface area contributed by atoms with E-state index in [4.69, 9.17) is 23.2 Å². The lowest BCUT2D eigenvalue weighted by Crippen LogP contribution is -2.43. The first-order chi connectivity index (χ1) is 11.0. The molecule has 130 valence electrons. The molecular formula is C13H10Cl2F3N3O3. The number of allylic oxidation sites excluding steroid dienone is 2. The van der Waals surface area contributed by atoms with Crippen molar-refractivity contribution in [3.05, 3.63) is 40.0 Å². The van der Waals surface area contributed by atoms with E-state index in [1.54, 1.807) is 0 Å². The fourth-order valence-corrected chi connectivity index (χ4v) is 1.59. The zero-order chi connectivity index (χ0) is 18.5. The molecule has 0 heterocycles. The maximum absolute atomic E-state index is 12.0. The van der Waals surface area contributed by atoms with E-state index in [1.807, 2.05) is 10.9 Å². The van der Waals surface area contributed by atoms with Crippen molar-refractivity contribution in [2.45, 2.75) is 13.1 Å². The molecule has 0 radical (unpaired) electrons. The van der Waals surface area contributed by atoms with Gasteiger partial charge in [-0.2, -0.15) is 13.2 Å². The van der Waals surface area contributed by atoms with E-state index in [-0.39, 0.29) is 27.5 Å². The molecular weight excluding hydrogens is 374 g/mol. The number of halogens is 5. The molecule has 0 bridgehead atoms. The third kappa shape index (κ3) is 6.09. The van der Waals surface area contributed by atoms with E-state index in [0.717, 1.165) is 6.92 Å². The minimum atomic E-state index is -5.03. The van der Waals surface area contributed by atoms with Crippen LogP contribution in [0.1, 0.15) is 6.92 Å². The standard InChI is InChI=1S/C13H10Cl2F3N3O3/c1-6(4-10(22)13(16,17)18)20-21-12(24)11(23)19-7-2-3-8(14)9(15)5-7/h2-5,20H,1H3,(H,19,23)(H,21,24)/b6-4-. The van der Waals surface area contributed by atoms with Gasteiger partial charge in [0.1, 0.15) is 0 Å². The minimum absolute atomic E-state index is 0.150. The summed E-state index contributed by atoms with van der Waals surface area (Å²) in [5.41, 5.74) is 3.71. The van der Waals surface area contributed by atoms with E-state index in [0.29, 0.717) is 0 Å². The van der Waals surface area contributed by atoms with Crippen LogP contribution in [0.4, 0.5) is 18.9 Å². The van der Waals surface area contributed by atoms with Crippen molar-refractivity contribution in [3.8, 4) is 0 Å². The Morgan fingerprint density at radius 3 is 2.21 bits per heavy atom. The Morgan fingerprint density at radius 2 is 1.67 bits per heavy atom. The number of hydrogen-bond acceptors (Lipinski definition) is 4. The van der Waals surface area contributed by atoms with Gasteiger partial charge in [0.05, 0.1) is 10.0 Å². The summed E-state index contributed by atoms with van der Waals surface area (Å²) in [6, 6.07) is 4.08. The van der Waals surface area contributed by atoms with Gasteiger partial charge >= 0.3 is 18.0 Å². The van der Waals surface area contributed by atoms with E-state index >= 15 is 0 Å². The number of anilines is 1. The van der Waals surface area contributed by atoms with E-state index in [9.17, 15) is 27.6 Å². The van der Waals surface area contributed by atoms with Crippen LogP contribution in [0.25, 0.3) is 0 Å². The molecule has 1 rings (SSSR count). The molecule has 0 unspecified atom stereocenters. The minimum Gasteiger partial charge on any atom is -0.318 e. The van der Waals surface area contributed by atoms with Crippen LogP contribution < -0.4 is 16.2 Å². The van der Waals surface area contributed by atoms with Gasteiger partial charge in [-0.3, -0.25) is 19.8 Å². The Hall–Kier alpha value is -2.26. The number of ketones is 1. The first-order valence-electron chi connectivity index (χ1n) is 6.12. The molecule has 0 aromatic heterocycles. The summed E-state index contributed by atoms with van der Waals surface area (Å²) in [5, 5.41) is 2.59. The predicted octanol–water partition coefficient (Wildman–Crippen LogP) is 2.59. The van der Waals surface area contributed by atoms with Gasteiger partial charge in [0.15, 0.2) is 0 Å². The van der Waals surface area contributed by atoms with Crippen LogP contribution in [0, 0.1) is 0 Å². The van der Waals surface area contributed by atoms with Crippen LogP contribution in [-0.2, 0) is 14.4 Å². The quantitative estimate of drug-likeness (QED) is 0.423. The Bertz CT molecular complexity index is 705. The molecule has 24 heavy (non-hydrogen) atoms. The zero-order valence-corrected chi connectivity index (χ0v) is 13.4. The van der Waals surface area contributed by atoms with Crippen LogP contribution in [0.5, 0.6) is 0 Å². The topological polar surface area (TPSA) is 87.3 Å². The summed E-state index contributed by atoms with van der Waals surface area (Å²) >= 11 is 11.4. The molecule has 0 saturated heterocycles. The second kappa shape index (κ2) is 8.02. The third-order valence-electron chi connectivity index (χ3n) is 2.38. The molecule has 3 N–H and O–H groups in total. The predicted molar refractivity (Wildman–Crippen MR) is 81.2 cm³/mol. The van der Waals surface area contributed by atoms with Crippen molar-refractivity contribution >= 4 is 46.5 Å². The molecule has 1 aromatic carbocycles. The first kappa shape index (κ1) is 19.8. The number of carbonyl (C=O) groups is 3. The largest absolute Gasteiger partial charge is 0.454 e. The van der Waals surface area contributed by atoms with Crippen molar-refractivity contribution in [2.24, 2.45) is 0 Å². The summed E-state index contributed by atoms with van der Waals surface area (Å²) < 4.78 is 36.1. The highest BCUT2D eigenvalue weighted by atomic mass is 35.5. The number of rotatable bonds is 4. The van der Waals surface area contributed by atoms with Gasteiger partial charge in [-0.1, -0.05) is 23.2 Å². The molecule has 0 aliphatic heterocycles. The fraction of sp³-hybridized carbons (Fsp3) is 0.154. The number of alkyl halides is 3. The highest BCUT2D eigenvalue weighted by Crippen LogP contribution is 2.24. The zero-order valence-electron chi connectivity index (χ0n) is 11.9. The summed E-state index contributed by atoms with van der Waals surface area (Å²) in [7, 11) is 0. The number of carbonyl (C=O) groups excluding carboxylic acids is 3. The lowest BCUT2D eigenvalue weighted by Gasteiger charge is -2.10. The Balaban J connectivity index is 2.58. The van der Waals surface area contributed by atoms with Crippen LogP contribution in [0.2, 0.25) is 10.0 Å². The van der Waals surface area contributed by atoms with Gasteiger partial charge in [-0.05, 0) is 25.1 Å². The van der Waals surface area contributed by atoms with E-state index < -0.39 is 23.8 Å². The number of hydrogen-bond donors (Lipinski definition) is 3. The molecule has 2 amide bonds. The van der Waals surface area contributed by atoms with Gasteiger partial charge in [0.25, 0.3) is 5.78 Å². The molecule has 6 nitrogen and oxygen atoms in total. The third-order valence-corrected chi connectivity index (χ3v) is 3.12. The molecule has 0 aliphatic rings. The van der Waals surface area contributed by atoms with E-state index in [1.165, 1.54) is 18.2 Å². The maximum atomic E-state index is 12.0. The summed E-state index contributed by atoms with van der Waals surface area (Å²) in [6.07, 6.45) is -4.80. The van der Waals surface area contributed by atoms with Crippen molar-refractivity contribution in [1.82, 2.24) is 10.9 Å². The van der Waals surface area contributed by atoms with Gasteiger partial charge in [-0.15, -0.1) is 0 Å². The molecule has 0 atom stereocenters. The fourth-order valence-electron chi connectivity index (χ4n) is 1.29. The maximum Gasteiger partial charge on any atom is 0.454 e.